The SMILES string of the molecule is Cc1cc(OCC(=O)NC2CC(C(=O)O)C2)cc(C)c1Cl. The van der Waals surface area contributed by atoms with Gasteiger partial charge in [0, 0.05) is 11.1 Å². The summed E-state index contributed by atoms with van der Waals surface area (Å²) in [6, 6.07) is 3.51. The van der Waals surface area contributed by atoms with Crippen molar-refractivity contribution in [2.45, 2.75) is 32.7 Å². The van der Waals surface area contributed by atoms with E-state index in [0.717, 1.165) is 11.1 Å². The van der Waals surface area contributed by atoms with Crippen LogP contribution in [0.5, 0.6) is 5.75 Å². The van der Waals surface area contributed by atoms with E-state index >= 15 is 0 Å². The number of benzene rings is 1. The van der Waals surface area contributed by atoms with Crippen molar-refractivity contribution >= 4 is 23.5 Å². The van der Waals surface area contributed by atoms with Crippen molar-refractivity contribution in [2.75, 3.05) is 6.61 Å². The number of carbonyl (C=O) groups is 2. The number of aliphatic carboxylic acids is 1. The van der Waals surface area contributed by atoms with Crippen molar-refractivity contribution in [1.29, 1.82) is 0 Å². The maximum atomic E-state index is 11.7. The minimum atomic E-state index is -0.802. The lowest BCUT2D eigenvalue weighted by Crippen LogP contribution is -2.48. The molecule has 0 bridgehead atoms. The molecule has 1 fully saturated rings. The number of hydrogen-bond donors (Lipinski definition) is 2. The Labute approximate surface area is 128 Å². The Morgan fingerprint density at radius 3 is 2.43 bits per heavy atom. The summed E-state index contributed by atoms with van der Waals surface area (Å²) in [5.74, 6) is -0.780. The molecule has 2 rings (SSSR count). The fourth-order valence-corrected chi connectivity index (χ4v) is 2.45. The average Bonchev–Trinajstić information content (AvgIpc) is 2.36. The van der Waals surface area contributed by atoms with Gasteiger partial charge in [0.05, 0.1) is 5.92 Å². The van der Waals surface area contributed by atoms with E-state index in [-0.39, 0.29) is 24.5 Å². The Kier molecular flexibility index (Phi) is 4.73. The number of rotatable bonds is 5. The molecule has 2 N–H and O–H groups in total. The van der Waals surface area contributed by atoms with E-state index in [2.05, 4.69) is 5.32 Å². The van der Waals surface area contributed by atoms with Gasteiger partial charge in [-0.05, 0) is 49.9 Å². The van der Waals surface area contributed by atoms with Gasteiger partial charge in [-0.15, -0.1) is 0 Å². The highest BCUT2D eigenvalue weighted by molar-refractivity contribution is 6.32. The molecule has 5 nitrogen and oxygen atoms in total. The molecule has 0 unspecified atom stereocenters. The molecule has 1 aromatic carbocycles. The van der Waals surface area contributed by atoms with Crippen molar-refractivity contribution in [2.24, 2.45) is 5.92 Å². The smallest absolute Gasteiger partial charge is 0.306 e. The predicted octanol–water partition coefficient (Wildman–Crippen LogP) is 2.32. The van der Waals surface area contributed by atoms with Crippen molar-refractivity contribution in [3.05, 3.63) is 28.3 Å². The molecule has 1 aliphatic rings. The first kappa shape index (κ1) is 15.6. The molecule has 0 atom stereocenters. The monoisotopic (exact) mass is 311 g/mol. The highest BCUT2D eigenvalue weighted by Gasteiger charge is 2.35. The second-order valence-electron chi connectivity index (χ2n) is 5.43. The average molecular weight is 312 g/mol. The van der Waals surface area contributed by atoms with Gasteiger partial charge in [-0.1, -0.05) is 11.6 Å². The van der Waals surface area contributed by atoms with Gasteiger partial charge in [0.2, 0.25) is 0 Å². The van der Waals surface area contributed by atoms with E-state index in [4.69, 9.17) is 21.4 Å². The van der Waals surface area contributed by atoms with Crippen LogP contribution in [0.3, 0.4) is 0 Å². The van der Waals surface area contributed by atoms with E-state index in [0.29, 0.717) is 23.6 Å². The van der Waals surface area contributed by atoms with Crippen LogP contribution < -0.4 is 10.1 Å². The molecule has 1 aliphatic carbocycles. The Morgan fingerprint density at radius 2 is 1.90 bits per heavy atom. The molecule has 6 heteroatoms. The molecule has 0 aliphatic heterocycles. The van der Waals surface area contributed by atoms with E-state index in [1.807, 2.05) is 13.8 Å². The highest BCUT2D eigenvalue weighted by atomic mass is 35.5. The number of carboxylic acid groups (broad SMARTS) is 1. The van der Waals surface area contributed by atoms with Crippen LogP contribution in [0.25, 0.3) is 0 Å². The summed E-state index contributed by atoms with van der Waals surface area (Å²) < 4.78 is 5.44. The summed E-state index contributed by atoms with van der Waals surface area (Å²) in [6.07, 6.45) is 0.973. The van der Waals surface area contributed by atoms with Gasteiger partial charge < -0.3 is 15.2 Å². The zero-order valence-corrected chi connectivity index (χ0v) is 12.7. The highest BCUT2D eigenvalue weighted by Crippen LogP contribution is 2.28. The maximum Gasteiger partial charge on any atom is 0.306 e. The number of amides is 1. The normalized spacial score (nSPS) is 20.5. The summed E-state index contributed by atoms with van der Waals surface area (Å²) in [5.41, 5.74) is 1.80. The third kappa shape index (κ3) is 3.88. The first-order valence-corrected chi connectivity index (χ1v) is 7.16. The fourth-order valence-electron chi connectivity index (χ4n) is 2.35. The summed E-state index contributed by atoms with van der Waals surface area (Å²) in [5, 5.41) is 12.2. The standard InChI is InChI=1S/C15H18ClNO4/c1-8-3-12(4-9(2)14(8)16)21-7-13(18)17-11-5-10(6-11)15(19)20/h3-4,10-11H,5-7H2,1-2H3,(H,17,18)(H,19,20). The largest absolute Gasteiger partial charge is 0.484 e. The van der Waals surface area contributed by atoms with E-state index < -0.39 is 5.97 Å². The third-order valence-corrected chi connectivity index (χ3v) is 4.23. The molecule has 0 aromatic heterocycles. The minimum Gasteiger partial charge on any atom is -0.484 e. The van der Waals surface area contributed by atoms with Gasteiger partial charge in [-0.25, -0.2) is 0 Å². The second-order valence-corrected chi connectivity index (χ2v) is 5.81. The summed E-state index contributed by atoms with van der Waals surface area (Å²) in [6.45, 7) is 3.67. The van der Waals surface area contributed by atoms with Crippen LogP contribution >= 0.6 is 11.6 Å². The molecular formula is C15H18ClNO4. The van der Waals surface area contributed by atoms with Gasteiger partial charge >= 0.3 is 5.97 Å². The Morgan fingerprint density at radius 1 is 1.33 bits per heavy atom. The van der Waals surface area contributed by atoms with E-state index in [9.17, 15) is 9.59 Å². The Hall–Kier alpha value is -1.75. The third-order valence-electron chi connectivity index (χ3n) is 3.63. The zero-order chi connectivity index (χ0) is 15.6. The first-order valence-electron chi connectivity index (χ1n) is 6.78. The number of nitrogens with one attached hydrogen (secondary N) is 1. The van der Waals surface area contributed by atoms with Crippen LogP contribution in [0.15, 0.2) is 12.1 Å². The lowest BCUT2D eigenvalue weighted by atomic mass is 9.80. The number of ether oxygens (including phenoxy) is 1. The molecule has 21 heavy (non-hydrogen) atoms. The van der Waals surface area contributed by atoms with Gasteiger partial charge in [0.1, 0.15) is 5.75 Å². The molecule has 0 radical (unpaired) electrons. The molecule has 0 saturated heterocycles. The number of halogens is 1. The topological polar surface area (TPSA) is 75.6 Å². The van der Waals surface area contributed by atoms with Crippen molar-refractivity contribution in [3.63, 3.8) is 0 Å². The summed E-state index contributed by atoms with van der Waals surface area (Å²) in [4.78, 5) is 22.4. The lowest BCUT2D eigenvalue weighted by Gasteiger charge is -2.32. The molecule has 114 valence electrons. The molecule has 0 heterocycles. The molecular weight excluding hydrogens is 294 g/mol. The second kappa shape index (κ2) is 6.35. The number of aryl methyl sites for hydroxylation is 2. The molecule has 0 spiro atoms. The van der Waals surface area contributed by atoms with Crippen LogP contribution in [0, 0.1) is 19.8 Å². The van der Waals surface area contributed by atoms with Crippen LogP contribution in [-0.2, 0) is 9.59 Å². The van der Waals surface area contributed by atoms with Gasteiger partial charge in [-0.2, -0.15) is 0 Å². The predicted molar refractivity (Wildman–Crippen MR) is 78.7 cm³/mol. The van der Waals surface area contributed by atoms with Crippen LogP contribution in [0.2, 0.25) is 5.02 Å². The van der Waals surface area contributed by atoms with E-state index in [1.165, 1.54) is 0 Å². The fraction of sp³-hybridized carbons (Fsp3) is 0.467. The van der Waals surface area contributed by atoms with Gasteiger partial charge in [0.15, 0.2) is 6.61 Å². The minimum absolute atomic E-state index is 0.0594. The maximum absolute atomic E-state index is 11.7. The van der Waals surface area contributed by atoms with Crippen LogP contribution in [0.1, 0.15) is 24.0 Å². The summed E-state index contributed by atoms with van der Waals surface area (Å²) in [7, 11) is 0. The Balaban J connectivity index is 1.78. The van der Waals surface area contributed by atoms with Crippen LogP contribution in [0.4, 0.5) is 0 Å². The first-order chi connectivity index (χ1) is 9.86. The quantitative estimate of drug-likeness (QED) is 0.875. The zero-order valence-electron chi connectivity index (χ0n) is 12.0. The van der Waals surface area contributed by atoms with Crippen LogP contribution in [-0.4, -0.2) is 29.6 Å². The van der Waals surface area contributed by atoms with Crippen molar-refractivity contribution < 1.29 is 19.4 Å². The number of carbonyl (C=O) groups excluding carboxylic acids is 1. The molecule has 1 saturated carbocycles. The molecule has 1 amide bonds. The number of hydrogen-bond acceptors (Lipinski definition) is 3. The van der Waals surface area contributed by atoms with E-state index in [1.54, 1.807) is 12.1 Å². The van der Waals surface area contributed by atoms with Gasteiger partial charge in [0.25, 0.3) is 5.91 Å². The molecule has 1 aromatic rings. The van der Waals surface area contributed by atoms with Gasteiger partial charge in [-0.3, -0.25) is 9.59 Å². The Bertz CT molecular complexity index is 544. The summed E-state index contributed by atoms with van der Waals surface area (Å²) >= 11 is 6.06. The van der Waals surface area contributed by atoms with Crippen molar-refractivity contribution in [3.8, 4) is 5.75 Å². The van der Waals surface area contributed by atoms with Crippen molar-refractivity contribution in [1.82, 2.24) is 5.32 Å². The lowest BCUT2D eigenvalue weighted by molar-refractivity contribution is -0.146. The number of carboxylic acids is 1.